The summed E-state index contributed by atoms with van der Waals surface area (Å²) < 4.78 is 14.8. The molecule has 9 nitrogen and oxygen atoms in total. The fourth-order valence-corrected chi connectivity index (χ4v) is 1.79. The zero-order valence-corrected chi connectivity index (χ0v) is 13.6. The van der Waals surface area contributed by atoms with E-state index in [2.05, 4.69) is 10.5 Å². The highest BCUT2D eigenvalue weighted by Crippen LogP contribution is 2.11. The molecule has 0 aliphatic heterocycles. The lowest BCUT2D eigenvalue weighted by Crippen LogP contribution is -2.31. The zero-order valence-electron chi connectivity index (χ0n) is 13.6. The molecule has 0 aliphatic carbocycles. The molecule has 1 aromatic heterocycles. The molecule has 2 rings (SSSR count). The Balaban J connectivity index is 1.80. The first-order chi connectivity index (χ1) is 11.8. The Bertz CT molecular complexity index is 768. The van der Waals surface area contributed by atoms with Crippen molar-refractivity contribution in [3.63, 3.8) is 0 Å². The number of anilines is 1. The van der Waals surface area contributed by atoms with E-state index in [-0.39, 0.29) is 5.88 Å². The molecule has 0 aliphatic rings. The Hall–Kier alpha value is -3.36. The largest absolute Gasteiger partial charge is 0.463 e. The average Bonchev–Trinajstić information content (AvgIpc) is 2.99. The second kappa shape index (κ2) is 7.95. The summed E-state index contributed by atoms with van der Waals surface area (Å²) in [5.41, 5.74) is 5.89. The minimum absolute atomic E-state index is 0.154. The van der Waals surface area contributed by atoms with Crippen molar-refractivity contribution < 1.29 is 28.4 Å². The number of aromatic nitrogens is 1. The van der Waals surface area contributed by atoms with Crippen LogP contribution in [0.5, 0.6) is 5.88 Å². The zero-order chi connectivity index (χ0) is 18.4. The number of rotatable bonds is 7. The minimum atomic E-state index is -1.04. The van der Waals surface area contributed by atoms with E-state index in [0.717, 1.165) is 0 Å². The summed E-state index contributed by atoms with van der Waals surface area (Å²) in [4.78, 5) is 34.7. The molecular weight excluding hydrogens is 330 g/mol. The second-order valence-corrected chi connectivity index (χ2v) is 5.13. The van der Waals surface area contributed by atoms with Crippen LogP contribution in [-0.4, -0.2) is 35.7 Å². The first-order valence-electron chi connectivity index (χ1n) is 7.31. The fraction of sp³-hybridized carbons (Fsp3) is 0.250. The van der Waals surface area contributed by atoms with Crippen molar-refractivity contribution in [2.45, 2.75) is 20.0 Å². The Morgan fingerprint density at radius 1 is 1.28 bits per heavy atom. The monoisotopic (exact) mass is 347 g/mol. The molecule has 9 heteroatoms. The van der Waals surface area contributed by atoms with Crippen LogP contribution in [0.3, 0.4) is 0 Å². The lowest BCUT2D eigenvalue weighted by molar-refractivity contribution is -0.155. The van der Waals surface area contributed by atoms with Gasteiger partial charge in [0.2, 0.25) is 5.91 Å². The van der Waals surface area contributed by atoms with Gasteiger partial charge in [-0.2, -0.15) is 0 Å². The van der Waals surface area contributed by atoms with Gasteiger partial charge in [-0.1, -0.05) is 0 Å². The average molecular weight is 347 g/mol. The van der Waals surface area contributed by atoms with Crippen molar-refractivity contribution in [1.82, 2.24) is 5.16 Å². The maximum absolute atomic E-state index is 12.0. The molecule has 0 unspecified atom stereocenters. The van der Waals surface area contributed by atoms with Gasteiger partial charge in [0.15, 0.2) is 12.7 Å². The lowest BCUT2D eigenvalue weighted by Gasteiger charge is -2.13. The third-order valence-corrected chi connectivity index (χ3v) is 3.06. The summed E-state index contributed by atoms with van der Waals surface area (Å²) in [6.07, 6.45) is -1.04. The Morgan fingerprint density at radius 3 is 2.52 bits per heavy atom. The molecule has 1 aromatic carbocycles. The third-order valence-electron chi connectivity index (χ3n) is 3.06. The van der Waals surface area contributed by atoms with Crippen LogP contribution in [0.25, 0.3) is 0 Å². The van der Waals surface area contributed by atoms with Crippen LogP contribution in [0.1, 0.15) is 23.0 Å². The molecule has 0 spiro atoms. The molecule has 0 radical (unpaired) electrons. The lowest BCUT2D eigenvalue weighted by atomic mass is 10.2. The highest BCUT2D eigenvalue weighted by molar-refractivity contribution is 5.96. The van der Waals surface area contributed by atoms with Gasteiger partial charge in [0, 0.05) is 17.3 Å². The summed E-state index contributed by atoms with van der Waals surface area (Å²) in [6, 6.07) is 7.50. The van der Waals surface area contributed by atoms with Gasteiger partial charge in [-0.25, -0.2) is 4.79 Å². The maximum Gasteiger partial charge on any atom is 0.345 e. The number of benzene rings is 1. The van der Waals surface area contributed by atoms with Gasteiger partial charge in [0.1, 0.15) is 5.76 Å². The van der Waals surface area contributed by atoms with Crippen LogP contribution in [0.4, 0.5) is 5.69 Å². The van der Waals surface area contributed by atoms with E-state index >= 15 is 0 Å². The molecule has 25 heavy (non-hydrogen) atoms. The molecule has 2 amide bonds. The van der Waals surface area contributed by atoms with Crippen molar-refractivity contribution in [3.05, 3.63) is 41.7 Å². The second-order valence-electron chi connectivity index (χ2n) is 5.13. The highest BCUT2D eigenvalue weighted by atomic mass is 16.6. The van der Waals surface area contributed by atoms with Gasteiger partial charge in [-0.15, -0.1) is 0 Å². The molecule has 2 aromatic rings. The molecule has 0 fully saturated rings. The standard InChI is InChI=1S/C16H17N3O6/c1-9-7-13(19-25-9)23-8-14(20)24-10(2)16(22)18-12-5-3-11(4-6-12)15(17)21/h3-7,10H,8H2,1-2H3,(H2,17,21)(H,18,22)/t10-/m1/s1. The summed E-state index contributed by atoms with van der Waals surface area (Å²) in [5.74, 6) is -1.13. The van der Waals surface area contributed by atoms with E-state index < -0.39 is 30.5 Å². The predicted octanol–water partition coefficient (Wildman–Crippen LogP) is 1.03. The predicted molar refractivity (Wildman–Crippen MR) is 85.9 cm³/mol. The number of hydrogen-bond donors (Lipinski definition) is 2. The number of carbonyl (C=O) groups is 3. The smallest absolute Gasteiger partial charge is 0.345 e. The number of aryl methyl sites for hydroxylation is 1. The number of nitrogens with one attached hydrogen (secondary N) is 1. The Kier molecular flexibility index (Phi) is 5.72. The number of primary amides is 1. The summed E-state index contributed by atoms with van der Waals surface area (Å²) in [6.45, 7) is 2.70. The van der Waals surface area contributed by atoms with Crippen molar-refractivity contribution in [2.24, 2.45) is 5.73 Å². The first kappa shape index (κ1) is 18.0. The van der Waals surface area contributed by atoms with Crippen LogP contribution < -0.4 is 15.8 Å². The molecule has 1 atom stereocenters. The molecule has 132 valence electrons. The summed E-state index contributed by atoms with van der Waals surface area (Å²) in [7, 11) is 0. The molecular formula is C16H17N3O6. The van der Waals surface area contributed by atoms with E-state index in [4.69, 9.17) is 19.7 Å². The van der Waals surface area contributed by atoms with Gasteiger partial charge < -0.3 is 25.0 Å². The van der Waals surface area contributed by atoms with Crippen molar-refractivity contribution in [2.75, 3.05) is 11.9 Å². The van der Waals surface area contributed by atoms with E-state index in [1.54, 1.807) is 6.92 Å². The SMILES string of the molecule is Cc1cc(OCC(=O)O[C@H](C)C(=O)Nc2ccc(C(N)=O)cc2)no1. The number of nitrogens with zero attached hydrogens (tertiary/aromatic N) is 1. The van der Waals surface area contributed by atoms with Crippen molar-refractivity contribution in [3.8, 4) is 5.88 Å². The maximum atomic E-state index is 12.0. The topological polar surface area (TPSA) is 134 Å². The van der Waals surface area contributed by atoms with Gasteiger partial charge in [0.25, 0.3) is 11.8 Å². The van der Waals surface area contributed by atoms with Crippen molar-refractivity contribution in [1.29, 1.82) is 0 Å². The minimum Gasteiger partial charge on any atom is -0.463 e. The quantitative estimate of drug-likeness (QED) is 0.714. The van der Waals surface area contributed by atoms with Crippen LogP contribution >= 0.6 is 0 Å². The van der Waals surface area contributed by atoms with E-state index in [1.807, 2.05) is 0 Å². The van der Waals surface area contributed by atoms with Crippen molar-refractivity contribution >= 4 is 23.5 Å². The molecule has 0 bridgehead atoms. The van der Waals surface area contributed by atoms with Crippen LogP contribution in [0, 0.1) is 6.92 Å². The van der Waals surface area contributed by atoms with E-state index in [9.17, 15) is 14.4 Å². The van der Waals surface area contributed by atoms with Crippen LogP contribution in [-0.2, 0) is 14.3 Å². The third kappa shape index (κ3) is 5.34. The van der Waals surface area contributed by atoms with E-state index in [0.29, 0.717) is 17.0 Å². The van der Waals surface area contributed by atoms with Gasteiger partial charge in [0.05, 0.1) is 0 Å². The first-order valence-corrected chi connectivity index (χ1v) is 7.31. The summed E-state index contributed by atoms with van der Waals surface area (Å²) >= 11 is 0. The highest BCUT2D eigenvalue weighted by Gasteiger charge is 2.18. The number of ether oxygens (including phenoxy) is 2. The Morgan fingerprint density at radius 2 is 1.96 bits per heavy atom. The molecule has 0 saturated heterocycles. The number of hydrogen-bond acceptors (Lipinski definition) is 7. The number of amides is 2. The number of esters is 1. The van der Waals surface area contributed by atoms with Gasteiger partial charge in [-0.3, -0.25) is 9.59 Å². The molecule has 1 heterocycles. The van der Waals surface area contributed by atoms with Crippen LogP contribution in [0.2, 0.25) is 0 Å². The number of carbonyl (C=O) groups excluding carboxylic acids is 3. The van der Waals surface area contributed by atoms with Gasteiger partial charge >= 0.3 is 5.97 Å². The molecule has 3 N–H and O–H groups in total. The molecule has 0 saturated carbocycles. The summed E-state index contributed by atoms with van der Waals surface area (Å²) in [5, 5.41) is 6.11. The number of nitrogens with two attached hydrogens (primary N) is 1. The fourth-order valence-electron chi connectivity index (χ4n) is 1.79. The normalized spacial score (nSPS) is 11.4. The van der Waals surface area contributed by atoms with Gasteiger partial charge in [-0.05, 0) is 43.3 Å². The van der Waals surface area contributed by atoms with E-state index in [1.165, 1.54) is 37.3 Å². The van der Waals surface area contributed by atoms with Crippen LogP contribution in [0.15, 0.2) is 34.9 Å². The Labute approximate surface area is 143 Å².